The molecular weight excluding hydrogens is 372 g/mol. The average molecular weight is 385 g/mol. The third-order valence-corrected chi connectivity index (χ3v) is 7.11. The molecule has 0 radical (unpaired) electrons. The largest absolute Gasteiger partial charge is 0.270 e. The molecule has 1 heterocycles. The smallest absolute Gasteiger partial charge is 0.258 e. The van der Waals surface area contributed by atoms with Gasteiger partial charge in [-0.15, -0.1) is 11.8 Å². The number of benzene rings is 2. The number of nitro groups is 1. The minimum atomic E-state index is -3.84. The molecule has 0 aromatic heterocycles. The second kappa shape index (κ2) is 6.72. The lowest BCUT2D eigenvalue weighted by Crippen LogP contribution is -2.30. The standard InChI is InChI=1S/C15H13ClN2O4S2/c16-12-4-1-3-11(9-12)15-17(7-8-23-15)24(21,22)14-6-2-5-13(10-14)18(19)20/h1-6,9-10,15H,7-8H2. The molecule has 0 saturated carbocycles. The predicted molar refractivity (Wildman–Crippen MR) is 93.6 cm³/mol. The second-order valence-electron chi connectivity index (χ2n) is 5.15. The van der Waals surface area contributed by atoms with Crippen LogP contribution in [-0.4, -0.2) is 29.9 Å². The van der Waals surface area contributed by atoms with Gasteiger partial charge in [0.1, 0.15) is 0 Å². The zero-order valence-corrected chi connectivity index (χ0v) is 14.7. The summed E-state index contributed by atoms with van der Waals surface area (Å²) in [5.74, 6) is 0.644. The maximum atomic E-state index is 12.9. The van der Waals surface area contributed by atoms with Gasteiger partial charge in [-0.05, 0) is 23.8 Å². The van der Waals surface area contributed by atoms with Crippen LogP contribution in [0.1, 0.15) is 10.9 Å². The number of nitrogens with zero attached hydrogens (tertiary/aromatic N) is 2. The Hall–Kier alpha value is -1.61. The Bertz CT molecular complexity index is 889. The van der Waals surface area contributed by atoms with Crippen LogP contribution in [0.5, 0.6) is 0 Å². The first-order valence-electron chi connectivity index (χ1n) is 7.03. The molecule has 1 saturated heterocycles. The lowest BCUT2D eigenvalue weighted by molar-refractivity contribution is -0.385. The van der Waals surface area contributed by atoms with Crippen LogP contribution in [0, 0.1) is 10.1 Å². The van der Waals surface area contributed by atoms with E-state index in [4.69, 9.17) is 11.6 Å². The van der Waals surface area contributed by atoms with E-state index >= 15 is 0 Å². The van der Waals surface area contributed by atoms with Gasteiger partial charge in [0.15, 0.2) is 0 Å². The van der Waals surface area contributed by atoms with Crippen LogP contribution in [0.3, 0.4) is 0 Å². The van der Waals surface area contributed by atoms with Gasteiger partial charge < -0.3 is 0 Å². The highest BCUT2D eigenvalue weighted by Gasteiger charge is 2.37. The fraction of sp³-hybridized carbons (Fsp3) is 0.200. The van der Waals surface area contributed by atoms with Crippen LogP contribution in [0.25, 0.3) is 0 Å². The SMILES string of the molecule is O=[N+]([O-])c1cccc(S(=O)(=O)N2CCSC2c2cccc(Cl)c2)c1. The summed E-state index contributed by atoms with van der Waals surface area (Å²) < 4.78 is 27.2. The Morgan fingerprint density at radius 3 is 2.67 bits per heavy atom. The summed E-state index contributed by atoms with van der Waals surface area (Å²) in [6.45, 7) is 0.340. The van der Waals surface area contributed by atoms with E-state index in [0.717, 1.165) is 11.6 Å². The van der Waals surface area contributed by atoms with Gasteiger partial charge in [0, 0.05) is 29.5 Å². The molecule has 0 N–H and O–H groups in total. The summed E-state index contributed by atoms with van der Waals surface area (Å²) in [5.41, 5.74) is 0.543. The van der Waals surface area contributed by atoms with E-state index in [1.54, 1.807) is 18.2 Å². The van der Waals surface area contributed by atoms with E-state index in [2.05, 4.69) is 0 Å². The number of hydrogen-bond donors (Lipinski definition) is 0. The van der Waals surface area contributed by atoms with Gasteiger partial charge in [0.25, 0.3) is 5.69 Å². The van der Waals surface area contributed by atoms with Gasteiger partial charge >= 0.3 is 0 Å². The molecule has 2 aromatic carbocycles. The number of non-ortho nitro benzene ring substituents is 1. The molecule has 126 valence electrons. The van der Waals surface area contributed by atoms with Gasteiger partial charge in [-0.3, -0.25) is 10.1 Å². The number of nitro benzene ring substituents is 1. The fourth-order valence-corrected chi connectivity index (χ4v) is 5.99. The molecule has 1 atom stereocenters. The normalized spacial score (nSPS) is 18.6. The highest BCUT2D eigenvalue weighted by Crippen LogP contribution is 2.42. The Kier molecular flexibility index (Phi) is 4.82. The lowest BCUT2D eigenvalue weighted by Gasteiger charge is -2.23. The summed E-state index contributed by atoms with van der Waals surface area (Å²) in [7, 11) is -3.84. The van der Waals surface area contributed by atoms with Crippen molar-refractivity contribution in [3.05, 3.63) is 69.2 Å². The summed E-state index contributed by atoms with van der Waals surface area (Å²) >= 11 is 7.50. The zero-order chi connectivity index (χ0) is 17.3. The molecule has 1 fully saturated rings. The predicted octanol–water partition coefficient (Wildman–Crippen LogP) is 3.68. The van der Waals surface area contributed by atoms with Crippen molar-refractivity contribution in [1.29, 1.82) is 0 Å². The fourth-order valence-electron chi connectivity index (χ4n) is 2.52. The summed E-state index contributed by atoms with van der Waals surface area (Å²) in [6, 6.07) is 12.2. The molecule has 0 aliphatic carbocycles. The molecule has 9 heteroatoms. The molecule has 0 amide bonds. The van der Waals surface area contributed by atoms with E-state index in [1.165, 1.54) is 34.3 Å². The van der Waals surface area contributed by atoms with E-state index < -0.39 is 20.3 Å². The Morgan fingerprint density at radius 2 is 1.96 bits per heavy atom. The molecule has 2 aromatic rings. The lowest BCUT2D eigenvalue weighted by atomic mass is 10.2. The van der Waals surface area contributed by atoms with Gasteiger partial charge in [-0.2, -0.15) is 4.31 Å². The van der Waals surface area contributed by atoms with Crippen molar-refractivity contribution in [2.45, 2.75) is 10.3 Å². The third kappa shape index (κ3) is 3.27. The molecule has 1 aliphatic rings. The number of rotatable bonds is 4. The first-order chi connectivity index (χ1) is 11.4. The number of thioether (sulfide) groups is 1. The van der Waals surface area contributed by atoms with Crippen LogP contribution in [-0.2, 0) is 10.0 Å². The van der Waals surface area contributed by atoms with Crippen molar-refractivity contribution >= 4 is 39.1 Å². The highest BCUT2D eigenvalue weighted by atomic mass is 35.5. The van der Waals surface area contributed by atoms with Gasteiger partial charge in [0.05, 0.1) is 15.2 Å². The first kappa shape index (κ1) is 17.2. The minimum absolute atomic E-state index is 0.0776. The van der Waals surface area contributed by atoms with Gasteiger partial charge in [-0.1, -0.05) is 29.8 Å². The van der Waals surface area contributed by atoms with Crippen molar-refractivity contribution in [2.24, 2.45) is 0 Å². The van der Waals surface area contributed by atoms with Gasteiger partial charge in [-0.25, -0.2) is 8.42 Å². The van der Waals surface area contributed by atoms with Crippen molar-refractivity contribution in [1.82, 2.24) is 4.31 Å². The summed E-state index contributed by atoms with van der Waals surface area (Å²) in [4.78, 5) is 10.2. The first-order valence-corrected chi connectivity index (χ1v) is 9.89. The van der Waals surface area contributed by atoms with E-state index in [9.17, 15) is 18.5 Å². The number of halogens is 1. The quantitative estimate of drug-likeness (QED) is 0.593. The maximum absolute atomic E-state index is 12.9. The molecule has 3 rings (SSSR count). The van der Waals surface area contributed by atoms with Crippen molar-refractivity contribution < 1.29 is 13.3 Å². The zero-order valence-electron chi connectivity index (χ0n) is 12.3. The summed E-state index contributed by atoms with van der Waals surface area (Å²) in [5, 5.41) is 11.0. The molecule has 0 spiro atoms. The number of sulfonamides is 1. The van der Waals surface area contributed by atoms with Crippen molar-refractivity contribution in [2.75, 3.05) is 12.3 Å². The van der Waals surface area contributed by atoms with E-state index in [-0.39, 0.29) is 10.6 Å². The Labute approximate surface area is 148 Å². The van der Waals surface area contributed by atoms with E-state index in [0.29, 0.717) is 17.3 Å². The molecule has 1 unspecified atom stereocenters. The second-order valence-corrected chi connectivity index (χ2v) is 8.66. The molecule has 6 nitrogen and oxygen atoms in total. The number of hydrogen-bond acceptors (Lipinski definition) is 5. The summed E-state index contributed by atoms with van der Waals surface area (Å²) in [6.07, 6.45) is 0. The van der Waals surface area contributed by atoms with Gasteiger partial charge in [0.2, 0.25) is 10.0 Å². The van der Waals surface area contributed by atoms with Crippen LogP contribution < -0.4 is 0 Å². The third-order valence-electron chi connectivity index (χ3n) is 3.62. The minimum Gasteiger partial charge on any atom is -0.258 e. The topological polar surface area (TPSA) is 80.5 Å². The molecular formula is C15H13ClN2O4S2. The van der Waals surface area contributed by atoms with Crippen LogP contribution >= 0.6 is 23.4 Å². The maximum Gasteiger partial charge on any atom is 0.270 e. The highest BCUT2D eigenvalue weighted by molar-refractivity contribution is 8.01. The molecule has 1 aliphatic heterocycles. The van der Waals surface area contributed by atoms with Crippen LogP contribution in [0.2, 0.25) is 5.02 Å². The van der Waals surface area contributed by atoms with Crippen LogP contribution in [0.15, 0.2) is 53.4 Å². The average Bonchev–Trinajstić information content (AvgIpc) is 3.05. The van der Waals surface area contributed by atoms with Crippen molar-refractivity contribution in [3.8, 4) is 0 Å². The molecule has 0 bridgehead atoms. The van der Waals surface area contributed by atoms with Crippen molar-refractivity contribution in [3.63, 3.8) is 0 Å². The van der Waals surface area contributed by atoms with E-state index in [1.807, 2.05) is 6.07 Å². The van der Waals surface area contributed by atoms with Crippen LogP contribution in [0.4, 0.5) is 5.69 Å². The monoisotopic (exact) mass is 384 g/mol. The Morgan fingerprint density at radius 1 is 1.21 bits per heavy atom. The Balaban J connectivity index is 1.99. The molecule has 24 heavy (non-hydrogen) atoms.